The first-order chi connectivity index (χ1) is 7.24. The molecule has 2 rings (SSSR count). The van der Waals surface area contributed by atoms with E-state index in [9.17, 15) is 4.79 Å². The van der Waals surface area contributed by atoms with Crippen molar-refractivity contribution in [2.45, 2.75) is 0 Å². The number of hydrogen-bond donors (Lipinski definition) is 1. The van der Waals surface area contributed by atoms with Crippen LogP contribution >= 0.6 is 0 Å². The number of carbonyl (C=O) groups is 1. The van der Waals surface area contributed by atoms with Crippen molar-refractivity contribution in [2.24, 2.45) is 4.99 Å². The number of hydrogen-bond acceptors (Lipinski definition) is 3. The Kier molecular flexibility index (Phi) is 4.68. The van der Waals surface area contributed by atoms with E-state index in [-0.39, 0.29) is 41.1 Å². The van der Waals surface area contributed by atoms with Gasteiger partial charge in [-0.05, 0) is 48.6 Å². The number of aromatic hydroxyl groups is 1. The first-order valence-corrected chi connectivity index (χ1v) is 4.52. The summed E-state index contributed by atoms with van der Waals surface area (Å²) in [5, 5.41) is 9.08. The molecule has 0 saturated carbocycles. The van der Waals surface area contributed by atoms with E-state index < -0.39 is 0 Å². The summed E-state index contributed by atoms with van der Waals surface area (Å²) in [6.07, 6.45) is 6.27. The molecule has 0 bridgehead atoms. The van der Waals surface area contributed by atoms with Gasteiger partial charge >= 0.3 is 0 Å². The van der Waals surface area contributed by atoms with Gasteiger partial charge in [-0.3, -0.25) is 4.79 Å². The summed E-state index contributed by atoms with van der Waals surface area (Å²) in [6, 6.07) is 6.56. The van der Waals surface area contributed by atoms with Crippen molar-refractivity contribution >= 4 is 46.7 Å². The van der Waals surface area contributed by atoms with Crippen LogP contribution in [0.2, 0.25) is 0 Å². The number of phenols is 1. The van der Waals surface area contributed by atoms with E-state index in [0.717, 1.165) is 11.4 Å². The SMILES string of the molecule is O=C1C=CC(=Nc2ccc(O)cc2)C=C1.[Na]. The average Bonchev–Trinajstić information content (AvgIpc) is 2.25. The number of allylic oxidation sites excluding steroid dienone is 4. The molecule has 1 N–H and O–H groups in total. The molecule has 0 amide bonds. The van der Waals surface area contributed by atoms with Crippen molar-refractivity contribution in [3.05, 3.63) is 48.6 Å². The third-order valence-electron chi connectivity index (χ3n) is 1.94. The zero-order chi connectivity index (χ0) is 10.7. The molecule has 75 valence electrons. The molecule has 1 aliphatic rings. The third-order valence-corrected chi connectivity index (χ3v) is 1.94. The fourth-order valence-electron chi connectivity index (χ4n) is 1.20. The summed E-state index contributed by atoms with van der Waals surface area (Å²) >= 11 is 0. The monoisotopic (exact) mass is 222 g/mol. The standard InChI is InChI=1S/C12H9NO2.Na/c14-11-5-1-9(2-6-11)13-10-3-7-12(15)8-4-10;/h1-8,14H;. The van der Waals surface area contributed by atoms with Gasteiger partial charge in [0.2, 0.25) is 0 Å². The Morgan fingerprint density at radius 2 is 1.50 bits per heavy atom. The van der Waals surface area contributed by atoms with Crippen molar-refractivity contribution in [2.75, 3.05) is 0 Å². The Bertz CT molecular complexity index is 454. The minimum atomic E-state index is -0.0281. The minimum Gasteiger partial charge on any atom is -0.508 e. The van der Waals surface area contributed by atoms with Crippen LogP contribution in [-0.2, 0) is 4.79 Å². The zero-order valence-electron chi connectivity index (χ0n) is 8.92. The fourth-order valence-corrected chi connectivity index (χ4v) is 1.20. The largest absolute Gasteiger partial charge is 0.508 e. The molecular formula is C12H9NNaO2. The van der Waals surface area contributed by atoms with Gasteiger partial charge in [0.25, 0.3) is 0 Å². The van der Waals surface area contributed by atoms with Crippen LogP contribution in [0.3, 0.4) is 0 Å². The van der Waals surface area contributed by atoms with Gasteiger partial charge in [0.1, 0.15) is 5.75 Å². The van der Waals surface area contributed by atoms with Gasteiger partial charge in [-0.1, -0.05) is 0 Å². The molecule has 0 aromatic heterocycles. The molecule has 1 radical (unpaired) electrons. The molecule has 0 heterocycles. The van der Waals surface area contributed by atoms with Crippen molar-refractivity contribution in [3.63, 3.8) is 0 Å². The minimum absolute atomic E-state index is 0. The second-order valence-electron chi connectivity index (χ2n) is 3.12. The van der Waals surface area contributed by atoms with Crippen LogP contribution in [0.15, 0.2) is 53.6 Å². The number of phenolic OH excluding ortho intramolecular Hbond substituents is 1. The fraction of sp³-hybridized carbons (Fsp3) is 0. The maximum Gasteiger partial charge on any atom is 0.178 e. The van der Waals surface area contributed by atoms with Crippen LogP contribution in [0.25, 0.3) is 0 Å². The van der Waals surface area contributed by atoms with Gasteiger partial charge < -0.3 is 5.11 Å². The van der Waals surface area contributed by atoms with Crippen molar-refractivity contribution < 1.29 is 9.90 Å². The van der Waals surface area contributed by atoms with E-state index in [1.54, 1.807) is 36.4 Å². The third kappa shape index (κ3) is 3.45. The Morgan fingerprint density at radius 1 is 0.938 bits per heavy atom. The van der Waals surface area contributed by atoms with E-state index >= 15 is 0 Å². The van der Waals surface area contributed by atoms with Gasteiger partial charge in [0.15, 0.2) is 5.78 Å². The Balaban J connectivity index is 0.00000128. The molecule has 1 aromatic rings. The van der Waals surface area contributed by atoms with Crippen LogP contribution in [0.4, 0.5) is 5.69 Å². The van der Waals surface area contributed by atoms with E-state index in [4.69, 9.17) is 5.11 Å². The van der Waals surface area contributed by atoms with Gasteiger partial charge in [-0.15, -0.1) is 0 Å². The molecule has 16 heavy (non-hydrogen) atoms. The molecule has 1 aromatic carbocycles. The van der Waals surface area contributed by atoms with Gasteiger partial charge in [-0.25, -0.2) is 4.99 Å². The van der Waals surface area contributed by atoms with Crippen molar-refractivity contribution in [1.29, 1.82) is 0 Å². The molecule has 0 spiro atoms. The molecule has 0 fully saturated rings. The number of carbonyl (C=O) groups excluding carboxylic acids is 1. The maximum atomic E-state index is 10.8. The van der Waals surface area contributed by atoms with Crippen LogP contribution in [0.1, 0.15) is 0 Å². The zero-order valence-corrected chi connectivity index (χ0v) is 10.9. The Hall–Kier alpha value is -1.16. The summed E-state index contributed by atoms with van der Waals surface area (Å²) in [7, 11) is 0. The quantitative estimate of drug-likeness (QED) is 0.581. The molecule has 0 aliphatic heterocycles. The average molecular weight is 222 g/mol. The predicted molar refractivity (Wildman–Crippen MR) is 64.2 cm³/mol. The number of aliphatic imine (C=N–C) groups is 1. The number of rotatable bonds is 1. The molecular weight excluding hydrogens is 213 g/mol. The van der Waals surface area contributed by atoms with Gasteiger partial charge in [-0.2, -0.15) is 0 Å². The Morgan fingerprint density at radius 3 is 2.06 bits per heavy atom. The summed E-state index contributed by atoms with van der Waals surface area (Å²) in [5.74, 6) is 0.184. The summed E-state index contributed by atoms with van der Waals surface area (Å²) < 4.78 is 0. The van der Waals surface area contributed by atoms with Crippen LogP contribution < -0.4 is 0 Å². The summed E-state index contributed by atoms with van der Waals surface area (Å²) in [4.78, 5) is 15.1. The number of ketones is 1. The summed E-state index contributed by atoms with van der Waals surface area (Å²) in [6.45, 7) is 0. The first-order valence-electron chi connectivity index (χ1n) is 4.52. The molecule has 0 atom stereocenters. The van der Waals surface area contributed by atoms with Crippen molar-refractivity contribution in [1.82, 2.24) is 0 Å². The first kappa shape index (κ1) is 12.9. The van der Waals surface area contributed by atoms with Gasteiger partial charge in [0, 0.05) is 29.6 Å². The maximum absolute atomic E-state index is 10.8. The molecule has 0 unspecified atom stereocenters. The van der Waals surface area contributed by atoms with Gasteiger partial charge in [0.05, 0.1) is 11.4 Å². The van der Waals surface area contributed by atoms with Crippen LogP contribution in [-0.4, -0.2) is 46.2 Å². The van der Waals surface area contributed by atoms with E-state index in [2.05, 4.69) is 4.99 Å². The second-order valence-corrected chi connectivity index (χ2v) is 3.12. The van der Waals surface area contributed by atoms with Crippen LogP contribution in [0.5, 0.6) is 5.75 Å². The predicted octanol–water partition coefficient (Wildman–Crippen LogP) is 1.78. The smallest absolute Gasteiger partial charge is 0.178 e. The molecule has 4 heteroatoms. The number of nitrogens with zero attached hydrogens (tertiary/aromatic N) is 1. The topological polar surface area (TPSA) is 49.7 Å². The Labute approximate surface area is 116 Å². The van der Waals surface area contributed by atoms with E-state index in [1.165, 1.54) is 12.2 Å². The molecule has 1 aliphatic carbocycles. The molecule has 3 nitrogen and oxygen atoms in total. The second kappa shape index (κ2) is 5.80. The van der Waals surface area contributed by atoms with E-state index in [1.807, 2.05) is 0 Å². The van der Waals surface area contributed by atoms with E-state index in [0.29, 0.717) is 0 Å². The van der Waals surface area contributed by atoms with Crippen molar-refractivity contribution in [3.8, 4) is 5.75 Å². The van der Waals surface area contributed by atoms with Crippen LogP contribution in [0, 0.1) is 0 Å². The number of benzene rings is 1. The normalized spacial score (nSPS) is 13.5. The summed E-state index contributed by atoms with van der Waals surface area (Å²) in [5.41, 5.74) is 1.46. The molecule has 0 saturated heterocycles.